The molecule has 0 aliphatic carbocycles. The van der Waals surface area contributed by atoms with Gasteiger partial charge in [0.05, 0.1) is 25.6 Å². The lowest BCUT2D eigenvalue weighted by Crippen LogP contribution is -2.20. The number of carbonyl (C=O) groups is 1. The Hall–Kier alpha value is -3.39. The lowest BCUT2D eigenvalue weighted by atomic mass is 10.3. The predicted molar refractivity (Wildman–Crippen MR) is 94.4 cm³/mol. The quantitative estimate of drug-likeness (QED) is 0.671. The van der Waals surface area contributed by atoms with Gasteiger partial charge in [-0.1, -0.05) is 11.3 Å². The second kappa shape index (κ2) is 8.13. The average Bonchev–Trinajstić information content (AvgIpc) is 3.16. The number of rotatable bonds is 7. The zero-order valence-corrected chi connectivity index (χ0v) is 14.1. The zero-order valence-electron chi connectivity index (χ0n) is 14.1. The predicted octanol–water partition coefficient (Wildman–Crippen LogP) is 1.79. The van der Waals surface area contributed by atoms with Crippen molar-refractivity contribution in [3.8, 4) is 17.2 Å². The second-order valence-electron chi connectivity index (χ2n) is 5.38. The molecule has 2 aromatic carbocycles. The van der Waals surface area contributed by atoms with Crippen LogP contribution in [0.15, 0.2) is 54.7 Å². The molecule has 0 atom stereocenters. The van der Waals surface area contributed by atoms with Gasteiger partial charge in [0.25, 0.3) is 5.91 Å². The number of aliphatic hydroxyl groups is 1. The van der Waals surface area contributed by atoms with Gasteiger partial charge in [-0.15, -0.1) is 5.10 Å². The number of aliphatic hydroxyl groups excluding tert-OH is 1. The van der Waals surface area contributed by atoms with Gasteiger partial charge in [-0.2, -0.15) is 0 Å². The summed E-state index contributed by atoms with van der Waals surface area (Å²) in [4.78, 5) is 12.0. The van der Waals surface area contributed by atoms with E-state index in [4.69, 9.17) is 14.6 Å². The van der Waals surface area contributed by atoms with Crippen molar-refractivity contribution >= 4 is 11.6 Å². The Bertz CT molecular complexity index is 877. The van der Waals surface area contributed by atoms with Crippen LogP contribution in [0.2, 0.25) is 0 Å². The normalized spacial score (nSPS) is 10.4. The van der Waals surface area contributed by atoms with Gasteiger partial charge in [0.1, 0.15) is 17.2 Å². The van der Waals surface area contributed by atoms with Crippen molar-refractivity contribution in [1.82, 2.24) is 15.0 Å². The minimum absolute atomic E-state index is 0.113. The molecule has 26 heavy (non-hydrogen) atoms. The summed E-state index contributed by atoms with van der Waals surface area (Å²) in [6.45, 7) is -0.278. The largest absolute Gasteiger partial charge is 0.497 e. The Morgan fingerprint density at radius 2 is 1.96 bits per heavy atom. The van der Waals surface area contributed by atoms with E-state index < -0.39 is 0 Å². The van der Waals surface area contributed by atoms with Crippen LogP contribution in [0.5, 0.6) is 11.5 Å². The van der Waals surface area contributed by atoms with E-state index in [0.29, 0.717) is 22.9 Å². The molecular formula is C18H18N4O4. The lowest BCUT2D eigenvalue weighted by molar-refractivity contribution is -0.118. The molecule has 8 nitrogen and oxygen atoms in total. The molecule has 1 heterocycles. The van der Waals surface area contributed by atoms with Crippen molar-refractivity contribution in [3.05, 3.63) is 60.4 Å². The Morgan fingerprint density at radius 1 is 1.19 bits per heavy atom. The number of anilines is 1. The van der Waals surface area contributed by atoms with Crippen LogP contribution in [0.25, 0.3) is 5.69 Å². The summed E-state index contributed by atoms with van der Waals surface area (Å²) in [6.07, 6.45) is 1.63. The van der Waals surface area contributed by atoms with Crippen LogP contribution in [0, 0.1) is 0 Å². The highest BCUT2D eigenvalue weighted by atomic mass is 16.5. The molecule has 0 fully saturated rings. The highest BCUT2D eigenvalue weighted by molar-refractivity contribution is 5.91. The molecule has 8 heteroatoms. The van der Waals surface area contributed by atoms with Gasteiger partial charge in [-0.3, -0.25) is 4.79 Å². The van der Waals surface area contributed by atoms with Gasteiger partial charge in [-0.25, -0.2) is 4.68 Å². The molecule has 3 rings (SSSR count). The summed E-state index contributed by atoms with van der Waals surface area (Å²) in [5.41, 5.74) is 1.88. The molecule has 0 unspecified atom stereocenters. The number of hydrogen-bond acceptors (Lipinski definition) is 6. The molecule has 134 valence electrons. The van der Waals surface area contributed by atoms with Crippen molar-refractivity contribution in [2.45, 2.75) is 6.61 Å². The van der Waals surface area contributed by atoms with Crippen LogP contribution in [0.4, 0.5) is 5.69 Å². The first-order chi connectivity index (χ1) is 12.7. The van der Waals surface area contributed by atoms with Crippen LogP contribution in [0.3, 0.4) is 0 Å². The third-order valence-electron chi connectivity index (χ3n) is 3.53. The number of nitrogens with one attached hydrogen (secondary N) is 1. The fourth-order valence-corrected chi connectivity index (χ4v) is 2.23. The van der Waals surface area contributed by atoms with E-state index in [1.165, 1.54) is 0 Å². The zero-order chi connectivity index (χ0) is 18.4. The molecule has 0 bridgehead atoms. The Morgan fingerprint density at radius 3 is 2.65 bits per heavy atom. The van der Waals surface area contributed by atoms with Crippen LogP contribution >= 0.6 is 0 Å². The number of hydrogen-bond donors (Lipinski definition) is 2. The van der Waals surface area contributed by atoms with Gasteiger partial charge in [0, 0.05) is 11.8 Å². The number of aromatic nitrogens is 3. The number of carbonyl (C=O) groups excluding carboxylic acids is 1. The third kappa shape index (κ3) is 4.37. The lowest BCUT2D eigenvalue weighted by Gasteiger charge is -2.09. The van der Waals surface area contributed by atoms with Crippen LogP contribution in [-0.4, -0.2) is 39.7 Å². The molecule has 0 saturated heterocycles. The van der Waals surface area contributed by atoms with Gasteiger partial charge in [-0.05, 0) is 36.4 Å². The number of nitrogens with zero attached hydrogens (tertiary/aromatic N) is 3. The molecule has 0 saturated carbocycles. The minimum atomic E-state index is -0.274. The van der Waals surface area contributed by atoms with E-state index >= 15 is 0 Å². The van der Waals surface area contributed by atoms with E-state index in [0.717, 1.165) is 5.69 Å². The van der Waals surface area contributed by atoms with Gasteiger partial charge in [0.2, 0.25) is 0 Å². The highest BCUT2D eigenvalue weighted by Crippen LogP contribution is 2.19. The fourth-order valence-electron chi connectivity index (χ4n) is 2.23. The highest BCUT2D eigenvalue weighted by Gasteiger charge is 2.06. The van der Waals surface area contributed by atoms with Crippen molar-refractivity contribution in [3.63, 3.8) is 0 Å². The number of methoxy groups -OCH3 is 1. The standard InChI is InChI=1S/C18H18N4O4/c1-25-16-3-2-4-17(9-16)26-12-18(24)19-13-5-7-15(8-6-13)22-10-14(11-23)20-21-22/h2-10,23H,11-12H2,1H3,(H,19,24). The summed E-state index contributed by atoms with van der Waals surface area (Å²) >= 11 is 0. The van der Waals surface area contributed by atoms with Crippen molar-refractivity contribution in [1.29, 1.82) is 0 Å². The van der Waals surface area contributed by atoms with Gasteiger partial charge >= 0.3 is 0 Å². The van der Waals surface area contributed by atoms with E-state index in [1.54, 1.807) is 66.5 Å². The smallest absolute Gasteiger partial charge is 0.262 e. The van der Waals surface area contributed by atoms with E-state index in [2.05, 4.69) is 15.6 Å². The number of benzene rings is 2. The maximum Gasteiger partial charge on any atom is 0.262 e. The summed E-state index contributed by atoms with van der Waals surface area (Å²) in [5, 5.41) is 19.5. The summed E-state index contributed by atoms with van der Waals surface area (Å²) in [5.74, 6) is 0.945. The first kappa shape index (κ1) is 17.4. The van der Waals surface area contributed by atoms with Crippen molar-refractivity contribution in [2.75, 3.05) is 19.0 Å². The molecule has 2 N–H and O–H groups in total. The second-order valence-corrected chi connectivity index (χ2v) is 5.38. The van der Waals surface area contributed by atoms with Crippen LogP contribution in [-0.2, 0) is 11.4 Å². The van der Waals surface area contributed by atoms with Crippen LogP contribution in [0.1, 0.15) is 5.69 Å². The first-order valence-corrected chi connectivity index (χ1v) is 7.87. The summed E-state index contributed by atoms with van der Waals surface area (Å²) < 4.78 is 12.1. The van der Waals surface area contributed by atoms with E-state index in [-0.39, 0.29) is 19.1 Å². The topological polar surface area (TPSA) is 98.5 Å². The molecule has 0 spiro atoms. The molecule has 1 amide bonds. The van der Waals surface area contributed by atoms with E-state index in [9.17, 15) is 4.79 Å². The van der Waals surface area contributed by atoms with Crippen LogP contribution < -0.4 is 14.8 Å². The first-order valence-electron chi connectivity index (χ1n) is 7.87. The van der Waals surface area contributed by atoms with Crippen molar-refractivity contribution < 1.29 is 19.4 Å². The van der Waals surface area contributed by atoms with Gasteiger partial charge in [0.15, 0.2) is 6.61 Å². The molecule has 0 aliphatic rings. The third-order valence-corrected chi connectivity index (χ3v) is 3.53. The number of amides is 1. The molecule has 1 aromatic heterocycles. The summed E-state index contributed by atoms with van der Waals surface area (Å²) in [7, 11) is 1.57. The maximum absolute atomic E-state index is 12.0. The Labute approximate surface area is 150 Å². The minimum Gasteiger partial charge on any atom is -0.497 e. The average molecular weight is 354 g/mol. The molecule has 0 aliphatic heterocycles. The summed E-state index contributed by atoms with van der Waals surface area (Å²) in [6, 6.07) is 14.1. The Kier molecular flexibility index (Phi) is 5.45. The maximum atomic E-state index is 12.0. The Balaban J connectivity index is 1.55. The SMILES string of the molecule is COc1cccc(OCC(=O)Nc2ccc(-n3cc(CO)nn3)cc2)c1. The monoisotopic (exact) mass is 354 g/mol. The van der Waals surface area contributed by atoms with Crippen molar-refractivity contribution in [2.24, 2.45) is 0 Å². The molecular weight excluding hydrogens is 336 g/mol. The fraction of sp³-hybridized carbons (Fsp3) is 0.167. The molecule has 0 radical (unpaired) electrons. The van der Waals surface area contributed by atoms with E-state index in [1.807, 2.05) is 0 Å². The number of ether oxygens (including phenoxy) is 2. The van der Waals surface area contributed by atoms with Gasteiger partial charge < -0.3 is 19.9 Å². The molecule has 3 aromatic rings.